The van der Waals surface area contributed by atoms with Gasteiger partial charge in [-0.2, -0.15) is 0 Å². The number of primary amides is 1. The van der Waals surface area contributed by atoms with Crippen molar-refractivity contribution < 1.29 is 19.2 Å². The second-order valence-electron chi connectivity index (χ2n) is 8.30. The van der Waals surface area contributed by atoms with Crippen molar-refractivity contribution in [1.82, 2.24) is 10.2 Å². The number of hydrogen-bond donors (Lipinski definition) is 3. The van der Waals surface area contributed by atoms with Crippen molar-refractivity contribution in [1.29, 1.82) is 0 Å². The highest BCUT2D eigenvalue weighted by atomic mass is 16.2. The Morgan fingerprint density at radius 2 is 1.71 bits per heavy atom. The van der Waals surface area contributed by atoms with E-state index in [2.05, 4.69) is 10.6 Å². The molecule has 0 bridgehead atoms. The van der Waals surface area contributed by atoms with E-state index >= 15 is 0 Å². The second kappa shape index (κ2) is 7.02. The van der Waals surface area contributed by atoms with E-state index in [1.807, 2.05) is 30.3 Å². The molecule has 0 saturated carbocycles. The first-order valence-electron chi connectivity index (χ1n) is 10.3. The topological polar surface area (TPSA) is 122 Å². The zero-order valence-corrected chi connectivity index (χ0v) is 16.7. The number of carbonyl (C=O) groups excluding carboxylic acids is 4. The largest absolute Gasteiger partial charge is 0.370 e. The van der Waals surface area contributed by atoms with Gasteiger partial charge in [0.15, 0.2) is 0 Å². The van der Waals surface area contributed by atoms with Crippen LogP contribution in [0.1, 0.15) is 17.5 Å². The number of nitrogens with zero attached hydrogens (tertiary/aromatic N) is 1. The first-order chi connectivity index (χ1) is 14.9. The van der Waals surface area contributed by atoms with Crippen molar-refractivity contribution in [2.24, 2.45) is 17.6 Å². The number of nitrogens with two attached hydrogens (primary N) is 1. The van der Waals surface area contributed by atoms with Gasteiger partial charge in [-0.1, -0.05) is 48.5 Å². The molecule has 158 valence electrons. The maximum atomic E-state index is 13.5. The third-order valence-corrected chi connectivity index (χ3v) is 6.60. The van der Waals surface area contributed by atoms with E-state index in [1.165, 1.54) is 4.90 Å². The van der Waals surface area contributed by atoms with Gasteiger partial charge in [-0.25, -0.2) is 0 Å². The van der Waals surface area contributed by atoms with Crippen LogP contribution in [-0.2, 0) is 31.1 Å². The monoisotopic (exact) mass is 418 g/mol. The summed E-state index contributed by atoms with van der Waals surface area (Å²) < 4.78 is 0. The van der Waals surface area contributed by atoms with Crippen LogP contribution in [0.15, 0.2) is 54.6 Å². The SMILES string of the molecule is NC(=O)CC1NC2(C(=O)Nc3ccccc32)[C@@H]2C(=O)N(CCc3ccccc3)C(=O)[C@H]12. The molecule has 3 aliphatic rings. The summed E-state index contributed by atoms with van der Waals surface area (Å²) in [6.07, 6.45) is 0.380. The number of likely N-dealkylation sites (tertiary alicyclic amines) is 1. The molecule has 2 aromatic carbocycles. The highest BCUT2D eigenvalue weighted by Crippen LogP contribution is 2.53. The summed E-state index contributed by atoms with van der Waals surface area (Å²) in [5, 5.41) is 6.00. The number of amides is 4. The Balaban J connectivity index is 1.53. The summed E-state index contributed by atoms with van der Waals surface area (Å²) in [4.78, 5) is 53.1. The average molecular weight is 418 g/mol. The van der Waals surface area contributed by atoms with Crippen molar-refractivity contribution in [3.8, 4) is 0 Å². The Morgan fingerprint density at radius 1 is 1.00 bits per heavy atom. The highest BCUT2D eigenvalue weighted by Gasteiger charge is 2.70. The van der Waals surface area contributed by atoms with Gasteiger partial charge in [0, 0.05) is 30.3 Å². The van der Waals surface area contributed by atoms with E-state index in [4.69, 9.17) is 5.73 Å². The normalized spacial score (nSPS) is 28.7. The van der Waals surface area contributed by atoms with Gasteiger partial charge in [-0.05, 0) is 18.1 Å². The van der Waals surface area contributed by atoms with Crippen LogP contribution < -0.4 is 16.4 Å². The van der Waals surface area contributed by atoms with E-state index in [0.29, 0.717) is 17.7 Å². The van der Waals surface area contributed by atoms with Crippen LogP contribution in [0.4, 0.5) is 5.69 Å². The second-order valence-corrected chi connectivity index (χ2v) is 8.30. The summed E-state index contributed by atoms with van der Waals surface area (Å²) in [5.74, 6) is -3.49. The lowest BCUT2D eigenvalue weighted by molar-refractivity contribution is -0.142. The molecule has 31 heavy (non-hydrogen) atoms. The van der Waals surface area contributed by atoms with Crippen LogP contribution in [0, 0.1) is 11.8 Å². The lowest BCUT2D eigenvalue weighted by Gasteiger charge is -2.29. The Morgan fingerprint density at radius 3 is 2.45 bits per heavy atom. The molecule has 3 aliphatic heterocycles. The van der Waals surface area contributed by atoms with Crippen molar-refractivity contribution in [3.05, 3.63) is 65.7 Å². The average Bonchev–Trinajstić information content (AvgIpc) is 3.32. The van der Waals surface area contributed by atoms with Crippen LogP contribution in [0.25, 0.3) is 0 Å². The Hall–Kier alpha value is -3.52. The molecule has 0 aromatic heterocycles. The quantitative estimate of drug-likeness (QED) is 0.612. The number of imide groups is 1. The molecule has 2 fully saturated rings. The molecular formula is C23H22N4O4. The van der Waals surface area contributed by atoms with Gasteiger partial charge in [0.05, 0.1) is 11.8 Å². The van der Waals surface area contributed by atoms with Crippen molar-refractivity contribution in [3.63, 3.8) is 0 Å². The van der Waals surface area contributed by atoms with Gasteiger partial charge in [0.25, 0.3) is 0 Å². The number of hydrogen-bond acceptors (Lipinski definition) is 5. The van der Waals surface area contributed by atoms with Crippen LogP contribution in [0.2, 0.25) is 0 Å². The van der Waals surface area contributed by atoms with Gasteiger partial charge in [0.2, 0.25) is 23.6 Å². The minimum absolute atomic E-state index is 0.135. The molecule has 2 unspecified atom stereocenters. The molecule has 0 aliphatic carbocycles. The fourth-order valence-electron chi connectivity index (χ4n) is 5.32. The summed E-state index contributed by atoms with van der Waals surface area (Å²) in [6, 6.07) is 16.0. The van der Waals surface area contributed by atoms with Crippen LogP contribution >= 0.6 is 0 Å². The molecule has 4 atom stereocenters. The molecule has 2 saturated heterocycles. The van der Waals surface area contributed by atoms with Gasteiger partial charge in [0.1, 0.15) is 5.54 Å². The summed E-state index contributed by atoms with van der Waals surface area (Å²) >= 11 is 0. The third kappa shape index (κ3) is 2.79. The van der Waals surface area contributed by atoms with Crippen molar-refractivity contribution >= 4 is 29.3 Å². The number of rotatable bonds is 5. The lowest BCUT2D eigenvalue weighted by Crippen LogP contribution is -2.53. The minimum atomic E-state index is -1.39. The summed E-state index contributed by atoms with van der Waals surface area (Å²) in [6.45, 7) is 0.220. The van der Waals surface area contributed by atoms with Crippen molar-refractivity contribution in [2.75, 3.05) is 11.9 Å². The van der Waals surface area contributed by atoms with Gasteiger partial charge < -0.3 is 11.1 Å². The number of benzene rings is 2. The van der Waals surface area contributed by atoms with Crippen molar-refractivity contribution in [2.45, 2.75) is 24.4 Å². The Kier molecular flexibility index (Phi) is 4.40. The van der Waals surface area contributed by atoms with E-state index in [-0.39, 0.29) is 24.8 Å². The third-order valence-electron chi connectivity index (χ3n) is 6.60. The van der Waals surface area contributed by atoms with Crippen LogP contribution in [0.3, 0.4) is 0 Å². The predicted molar refractivity (Wildman–Crippen MR) is 111 cm³/mol. The molecule has 2 aromatic rings. The zero-order valence-electron chi connectivity index (χ0n) is 16.7. The standard InChI is InChI=1S/C23H22N4O4/c24-17(28)12-16-18-19(23(26-16)14-8-4-5-9-15(14)25-22(23)31)21(30)27(20(18)29)11-10-13-6-2-1-3-7-13/h1-9,16,18-19,26H,10-12H2,(H2,24,28)(H,25,31)/t16?,18-,19+,23?/m1/s1. The molecule has 8 nitrogen and oxygen atoms in total. The smallest absolute Gasteiger partial charge is 0.250 e. The molecule has 0 radical (unpaired) electrons. The Bertz CT molecular complexity index is 1100. The molecule has 1 spiro atoms. The van der Waals surface area contributed by atoms with Crippen LogP contribution in [-0.4, -0.2) is 41.1 Å². The number of carbonyl (C=O) groups is 4. The molecule has 5 rings (SSSR count). The van der Waals surface area contributed by atoms with E-state index in [9.17, 15) is 19.2 Å². The zero-order chi connectivity index (χ0) is 21.8. The lowest BCUT2D eigenvalue weighted by atomic mass is 9.76. The summed E-state index contributed by atoms with van der Waals surface area (Å²) in [5.41, 5.74) is 6.26. The first-order valence-corrected chi connectivity index (χ1v) is 10.3. The fourth-order valence-corrected chi connectivity index (χ4v) is 5.32. The molecule has 8 heteroatoms. The van der Waals surface area contributed by atoms with Gasteiger partial charge in [-0.15, -0.1) is 0 Å². The highest BCUT2D eigenvalue weighted by molar-refractivity contribution is 6.15. The van der Waals surface area contributed by atoms with Gasteiger partial charge >= 0.3 is 0 Å². The molecule has 4 N–H and O–H groups in total. The van der Waals surface area contributed by atoms with Gasteiger partial charge in [-0.3, -0.25) is 29.4 Å². The Labute approximate surface area is 178 Å². The van der Waals surface area contributed by atoms with E-state index in [0.717, 1.165) is 5.56 Å². The predicted octanol–water partition coefficient (Wildman–Crippen LogP) is 0.525. The number of fused-ring (bicyclic) bond motifs is 4. The number of nitrogens with one attached hydrogen (secondary N) is 2. The molecular weight excluding hydrogens is 396 g/mol. The van der Waals surface area contributed by atoms with E-state index in [1.54, 1.807) is 24.3 Å². The maximum absolute atomic E-state index is 13.5. The minimum Gasteiger partial charge on any atom is -0.370 e. The fraction of sp³-hybridized carbons (Fsp3) is 0.304. The summed E-state index contributed by atoms with van der Waals surface area (Å²) in [7, 11) is 0. The van der Waals surface area contributed by atoms with E-state index < -0.39 is 35.2 Å². The number of anilines is 1. The first kappa shape index (κ1) is 19.4. The molecule has 4 amide bonds. The maximum Gasteiger partial charge on any atom is 0.250 e. The molecule has 3 heterocycles. The number of para-hydroxylation sites is 1. The van der Waals surface area contributed by atoms with Crippen LogP contribution in [0.5, 0.6) is 0 Å².